The first kappa shape index (κ1) is 21.5. The zero-order chi connectivity index (χ0) is 17.5. The van der Waals surface area contributed by atoms with Gasteiger partial charge in [0.1, 0.15) is 12.3 Å². The summed E-state index contributed by atoms with van der Waals surface area (Å²) < 4.78 is 5.58. The molecule has 5 nitrogen and oxygen atoms in total. The summed E-state index contributed by atoms with van der Waals surface area (Å²) in [5.41, 5.74) is 3.53. The van der Waals surface area contributed by atoms with Gasteiger partial charge in [-0.25, -0.2) is 9.98 Å². The minimum absolute atomic E-state index is 0. The smallest absolute Gasteiger partial charge is 0.216 e. The van der Waals surface area contributed by atoms with Gasteiger partial charge in [-0.15, -0.1) is 24.0 Å². The van der Waals surface area contributed by atoms with E-state index < -0.39 is 0 Å². The average Bonchev–Trinajstić information content (AvgIpc) is 2.88. The lowest BCUT2D eigenvalue weighted by Gasteiger charge is -2.16. The number of aliphatic imine (C=N–C) groups is 1. The van der Waals surface area contributed by atoms with Gasteiger partial charge in [0, 0.05) is 13.1 Å². The van der Waals surface area contributed by atoms with Crippen LogP contribution in [0.2, 0.25) is 0 Å². The standard InChI is InChI=1S/C19H28N4O.HI/c1-6-20-19(22-12-18-23-15(4)16(5)24-18)21-11-14(3)17-9-7-13(2)8-10-17;/h7-10,14H,6,11-12H2,1-5H3,(H2,20,21,22);1H. The number of halogens is 1. The third-order valence-corrected chi connectivity index (χ3v) is 4.01. The Labute approximate surface area is 167 Å². The van der Waals surface area contributed by atoms with Crippen molar-refractivity contribution in [2.24, 2.45) is 4.99 Å². The van der Waals surface area contributed by atoms with E-state index in [2.05, 4.69) is 65.6 Å². The van der Waals surface area contributed by atoms with Crippen LogP contribution in [-0.2, 0) is 6.54 Å². The first-order valence-corrected chi connectivity index (χ1v) is 8.51. The van der Waals surface area contributed by atoms with E-state index in [9.17, 15) is 0 Å². The van der Waals surface area contributed by atoms with Gasteiger partial charge in [-0.2, -0.15) is 0 Å². The number of hydrogen-bond donors (Lipinski definition) is 2. The highest BCUT2D eigenvalue weighted by molar-refractivity contribution is 14.0. The van der Waals surface area contributed by atoms with E-state index in [4.69, 9.17) is 4.42 Å². The lowest BCUT2D eigenvalue weighted by molar-refractivity contribution is 0.472. The fourth-order valence-electron chi connectivity index (χ4n) is 2.36. The molecule has 0 saturated heterocycles. The molecule has 1 aromatic carbocycles. The van der Waals surface area contributed by atoms with E-state index in [1.165, 1.54) is 11.1 Å². The molecule has 0 aliphatic rings. The molecule has 1 heterocycles. The predicted octanol–water partition coefficient (Wildman–Crippen LogP) is 4.08. The molecule has 6 heteroatoms. The van der Waals surface area contributed by atoms with Crippen LogP contribution in [0.1, 0.15) is 48.2 Å². The minimum atomic E-state index is 0. The van der Waals surface area contributed by atoms with Crippen LogP contribution >= 0.6 is 24.0 Å². The molecule has 1 atom stereocenters. The largest absolute Gasteiger partial charge is 0.444 e. The van der Waals surface area contributed by atoms with E-state index >= 15 is 0 Å². The normalized spacial score (nSPS) is 12.4. The summed E-state index contributed by atoms with van der Waals surface area (Å²) in [7, 11) is 0. The summed E-state index contributed by atoms with van der Waals surface area (Å²) in [6.45, 7) is 12.3. The molecule has 0 aliphatic carbocycles. The molecule has 0 amide bonds. The van der Waals surface area contributed by atoms with Crippen LogP contribution in [0.4, 0.5) is 0 Å². The third kappa shape index (κ3) is 6.68. The molecule has 2 aromatic rings. The predicted molar refractivity (Wildman–Crippen MR) is 114 cm³/mol. The van der Waals surface area contributed by atoms with Crippen molar-refractivity contribution >= 4 is 29.9 Å². The molecule has 0 fully saturated rings. The molecule has 0 radical (unpaired) electrons. The quantitative estimate of drug-likeness (QED) is 0.391. The van der Waals surface area contributed by atoms with Gasteiger partial charge in [0.2, 0.25) is 5.89 Å². The van der Waals surface area contributed by atoms with Gasteiger partial charge >= 0.3 is 0 Å². The Bertz CT molecular complexity index is 660. The lowest BCUT2D eigenvalue weighted by Crippen LogP contribution is -2.39. The second kappa shape index (κ2) is 10.4. The molecule has 0 aliphatic heterocycles. The van der Waals surface area contributed by atoms with Crippen LogP contribution in [0.15, 0.2) is 33.7 Å². The van der Waals surface area contributed by atoms with E-state index in [-0.39, 0.29) is 24.0 Å². The molecule has 0 saturated carbocycles. The molecule has 0 bridgehead atoms. The Morgan fingerprint density at radius 1 is 1.16 bits per heavy atom. The SMILES string of the molecule is CCNC(=NCc1nc(C)c(C)o1)NCC(C)c1ccc(C)cc1.I. The van der Waals surface area contributed by atoms with E-state index in [1.807, 2.05) is 13.8 Å². The highest BCUT2D eigenvalue weighted by Crippen LogP contribution is 2.14. The Kier molecular flexibility index (Phi) is 8.96. The zero-order valence-corrected chi connectivity index (χ0v) is 18.0. The van der Waals surface area contributed by atoms with Crippen molar-refractivity contribution in [3.8, 4) is 0 Å². The summed E-state index contributed by atoms with van der Waals surface area (Å²) in [4.78, 5) is 8.92. The van der Waals surface area contributed by atoms with Crippen molar-refractivity contribution in [3.05, 3.63) is 52.7 Å². The van der Waals surface area contributed by atoms with Crippen LogP contribution in [0.25, 0.3) is 0 Å². The Balaban J connectivity index is 0.00000312. The van der Waals surface area contributed by atoms with Crippen LogP contribution in [0.3, 0.4) is 0 Å². The van der Waals surface area contributed by atoms with Crippen LogP contribution in [0.5, 0.6) is 0 Å². The van der Waals surface area contributed by atoms with Crippen molar-refractivity contribution in [1.29, 1.82) is 0 Å². The van der Waals surface area contributed by atoms with E-state index in [0.717, 1.165) is 30.5 Å². The molecular weight excluding hydrogens is 427 g/mol. The molecular formula is C19H29IN4O. The van der Waals surface area contributed by atoms with Gasteiger partial charge in [0.25, 0.3) is 0 Å². The zero-order valence-electron chi connectivity index (χ0n) is 15.7. The minimum Gasteiger partial charge on any atom is -0.444 e. The van der Waals surface area contributed by atoms with E-state index in [1.54, 1.807) is 0 Å². The number of aromatic nitrogens is 1. The molecule has 0 spiro atoms. The molecule has 1 aromatic heterocycles. The average molecular weight is 456 g/mol. The van der Waals surface area contributed by atoms with Gasteiger partial charge < -0.3 is 15.1 Å². The first-order chi connectivity index (χ1) is 11.5. The van der Waals surface area contributed by atoms with Crippen molar-refractivity contribution in [3.63, 3.8) is 0 Å². The Morgan fingerprint density at radius 2 is 1.84 bits per heavy atom. The summed E-state index contributed by atoms with van der Waals surface area (Å²) >= 11 is 0. The molecule has 138 valence electrons. The van der Waals surface area contributed by atoms with Crippen molar-refractivity contribution in [1.82, 2.24) is 15.6 Å². The number of benzene rings is 1. The Hall–Kier alpha value is -1.57. The highest BCUT2D eigenvalue weighted by Gasteiger charge is 2.08. The summed E-state index contributed by atoms with van der Waals surface area (Å²) in [5, 5.41) is 6.65. The van der Waals surface area contributed by atoms with Crippen LogP contribution in [0, 0.1) is 20.8 Å². The van der Waals surface area contributed by atoms with Gasteiger partial charge in [-0.05, 0) is 39.2 Å². The number of rotatable bonds is 6. The highest BCUT2D eigenvalue weighted by atomic mass is 127. The molecule has 25 heavy (non-hydrogen) atoms. The van der Waals surface area contributed by atoms with Gasteiger partial charge in [0.15, 0.2) is 5.96 Å². The number of nitrogens with one attached hydrogen (secondary N) is 2. The van der Waals surface area contributed by atoms with Gasteiger partial charge in [-0.3, -0.25) is 0 Å². The van der Waals surface area contributed by atoms with Crippen molar-refractivity contribution in [2.75, 3.05) is 13.1 Å². The van der Waals surface area contributed by atoms with Crippen LogP contribution in [-0.4, -0.2) is 24.0 Å². The Morgan fingerprint density at radius 3 is 2.40 bits per heavy atom. The maximum absolute atomic E-state index is 5.58. The first-order valence-electron chi connectivity index (χ1n) is 8.51. The third-order valence-electron chi connectivity index (χ3n) is 4.01. The monoisotopic (exact) mass is 456 g/mol. The van der Waals surface area contributed by atoms with E-state index in [0.29, 0.717) is 18.4 Å². The lowest BCUT2D eigenvalue weighted by atomic mass is 10.0. The fourth-order valence-corrected chi connectivity index (χ4v) is 2.36. The molecule has 1 unspecified atom stereocenters. The second-order valence-electron chi connectivity index (χ2n) is 6.14. The number of nitrogens with zero attached hydrogens (tertiary/aromatic N) is 2. The van der Waals surface area contributed by atoms with Gasteiger partial charge in [0.05, 0.1) is 5.69 Å². The summed E-state index contributed by atoms with van der Waals surface area (Å²) in [6, 6.07) is 8.67. The topological polar surface area (TPSA) is 62.5 Å². The molecule has 2 rings (SSSR count). The number of hydrogen-bond acceptors (Lipinski definition) is 3. The maximum atomic E-state index is 5.58. The maximum Gasteiger partial charge on any atom is 0.216 e. The summed E-state index contributed by atoms with van der Waals surface area (Å²) in [5.74, 6) is 2.69. The number of guanidine groups is 1. The summed E-state index contributed by atoms with van der Waals surface area (Å²) in [6.07, 6.45) is 0. The van der Waals surface area contributed by atoms with Gasteiger partial charge in [-0.1, -0.05) is 36.8 Å². The number of aryl methyl sites for hydroxylation is 3. The second-order valence-corrected chi connectivity index (χ2v) is 6.14. The van der Waals surface area contributed by atoms with Crippen molar-refractivity contribution < 1.29 is 4.42 Å². The number of oxazole rings is 1. The van der Waals surface area contributed by atoms with Crippen LogP contribution < -0.4 is 10.6 Å². The fraction of sp³-hybridized carbons (Fsp3) is 0.474. The molecule has 2 N–H and O–H groups in total. The van der Waals surface area contributed by atoms with Crippen molar-refractivity contribution in [2.45, 2.75) is 47.1 Å².